The Balaban J connectivity index is 1.85. The molecule has 0 unspecified atom stereocenters. The summed E-state index contributed by atoms with van der Waals surface area (Å²) in [5, 5.41) is 7.80. The molecule has 0 aromatic heterocycles. The molecule has 0 atom stereocenters. The van der Waals surface area contributed by atoms with Crippen LogP contribution in [0.5, 0.6) is 0 Å². The zero-order chi connectivity index (χ0) is 20.7. The third-order valence-corrected chi connectivity index (χ3v) is 3.76. The van der Waals surface area contributed by atoms with Crippen LogP contribution in [0.2, 0.25) is 0 Å². The van der Waals surface area contributed by atoms with Crippen LogP contribution in [0.25, 0.3) is 0 Å². The molecular formula is C20H23N3O4S. The first-order chi connectivity index (χ1) is 13.1. The van der Waals surface area contributed by atoms with Gasteiger partial charge in [-0.25, -0.2) is 4.79 Å². The number of rotatable bonds is 5. The van der Waals surface area contributed by atoms with E-state index in [1.165, 1.54) is 0 Å². The second kappa shape index (κ2) is 9.27. The van der Waals surface area contributed by atoms with Gasteiger partial charge in [-0.3, -0.25) is 9.59 Å². The number of hydrogen-bond acceptors (Lipinski definition) is 5. The molecule has 148 valence electrons. The SMILES string of the molecule is CC(C)(C)OC(=O)NCC(=O)Nc1ccc(NC(=O)c2ccccc2S)cc1. The van der Waals surface area contributed by atoms with Crippen molar-refractivity contribution in [1.29, 1.82) is 0 Å². The number of carbonyl (C=O) groups excluding carboxylic acids is 3. The van der Waals surface area contributed by atoms with Gasteiger partial charge in [-0.15, -0.1) is 12.6 Å². The number of ether oxygens (including phenoxy) is 1. The lowest BCUT2D eigenvalue weighted by molar-refractivity contribution is -0.115. The molecule has 0 saturated heterocycles. The number of nitrogens with one attached hydrogen (secondary N) is 3. The van der Waals surface area contributed by atoms with Crippen molar-refractivity contribution in [3.8, 4) is 0 Å². The van der Waals surface area contributed by atoms with E-state index in [4.69, 9.17) is 4.74 Å². The van der Waals surface area contributed by atoms with Crippen LogP contribution < -0.4 is 16.0 Å². The van der Waals surface area contributed by atoms with Gasteiger partial charge in [-0.1, -0.05) is 12.1 Å². The Morgan fingerprint density at radius 1 is 0.929 bits per heavy atom. The maximum Gasteiger partial charge on any atom is 0.408 e. The van der Waals surface area contributed by atoms with Crippen molar-refractivity contribution in [2.45, 2.75) is 31.3 Å². The van der Waals surface area contributed by atoms with Gasteiger partial charge in [-0.2, -0.15) is 0 Å². The van der Waals surface area contributed by atoms with Crippen LogP contribution in [-0.4, -0.2) is 30.1 Å². The molecule has 0 aliphatic carbocycles. The quantitative estimate of drug-likeness (QED) is 0.575. The maximum atomic E-state index is 12.3. The van der Waals surface area contributed by atoms with Crippen LogP contribution in [0.15, 0.2) is 53.4 Å². The molecule has 2 aromatic carbocycles. The Hall–Kier alpha value is -3.00. The van der Waals surface area contributed by atoms with Crippen LogP contribution in [0.1, 0.15) is 31.1 Å². The van der Waals surface area contributed by atoms with E-state index in [-0.39, 0.29) is 12.5 Å². The minimum Gasteiger partial charge on any atom is -0.444 e. The lowest BCUT2D eigenvalue weighted by atomic mass is 10.2. The van der Waals surface area contributed by atoms with E-state index < -0.39 is 17.6 Å². The second-order valence-electron chi connectivity index (χ2n) is 6.95. The smallest absolute Gasteiger partial charge is 0.408 e. The van der Waals surface area contributed by atoms with Crippen molar-refractivity contribution < 1.29 is 19.1 Å². The first kappa shape index (κ1) is 21.3. The van der Waals surface area contributed by atoms with Gasteiger partial charge in [0, 0.05) is 16.3 Å². The molecule has 3 amide bonds. The molecule has 2 rings (SSSR count). The van der Waals surface area contributed by atoms with Crippen molar-refractivity contribution in [3.05, 3.63) is 54.1 Å². The lowest BCUT2D eigenvalue weighted by Crippen LogP contribution is -2.37. The normalized spacial score (nSPS) is 10.7. The van der Waals surface area contributed by atoms with Gasteiger partial charge >= 0.3 is 6.09 Å². The highest BCUT2D eigenvalue weighted by molar-refractivity contribution is 7.80. The molecule has 2 aromatic rings. The van der Waals surface area contributed by atoms with Crippen LogP contribution in [0.3, 0.4) is 0 Å². The van der Waals surface area contributed by atoms with E-state index in [9.17, 15) is 14.4 Å². The minimum absolute atomic E-state index is 0.216. The van der Waals surface area contributed by atoms with Gasteiger partial charge in [0.1, 0.15) is 12.1 Å². The number of anilines is 2. The van der Waals surface area contributed by atoms with E-state index in [0.717, 1.165) is 0 Å². The Bertz CT molecular complexity index is 860. The predicted octanol–water partition coefficient (Wildman–Crippen LogP) is 3.69. The average molecular weight is 401 g/mol. The van der Waals surface area contributed by atoms with Crippen LogP contribution in [0.4, 0.5) is 16.2 Å². The molecule has 0 saturated carbocycles. The van der Waals surface area contributed by atoms with Gasteiger partial charge in [-0.05, 0) is 57.2 Å². The minimum atomic E-state index is -0.662. The van der Waals surface area contributed by atoms with Gasteiger partial charge in [0.05, 0.1) is 5.56 Å². The number of alkyl carbamates (subject to hydrolysis) is 1. The summed E-state index contributed by atoms with van der Waals surface area (Å²) in [4.78, 5) is 36.3. The number of amides is 3. The predicted molar refractivity (Wildman–Crippen MR) is 111 cm³/mol. The fourth-order valence-corrected chi connectivity index (χ4v) is 2.43. The summed E-state index contributed by atoms with van der Waals surface area (Å²) in [6.07, 6.45) is -0.662. The molecule has 0 fully saturated rings. The van der Waals surface area contributed by atoms with Gasteiger partial charge in [0.2, 0.25) is 5.91 Å². The topological polar surface area (TPSA) is 96.5 Å². The molecular weight excluding hydrogens is 378 g/mol. The van der Waals surface area contributed by atoms with E-state index in [0.29, 0.717) is 21.8 Å². The van der Waals surface area contributed by atoms with Crippen molar-refractivity contribution in [3.63, 3.8) is 0 Å². The monoisotopic (exact) mass is 401 g/mol. The molecule has 8 heteroatoms. The molecule has 0 bridgehead atoms. The fourth-order valence-electron chi connectivity index (χ4n) is 2.17. The summed E-state index contributed by atoms with van der Waals surface area (Å²) in [6.45, 7) is 5.00. The highest BCUT2D eigenvalue weighted by atomic mass is 32.1. The summed E-state index contributed by atoms with van der Waals surface area (Å²) in [6, 6.07) is 13.6. The Kier molecular flexibility index (Phi) is 7.06. The number of carbonyl (C=O) groups is 3. The number of benzene rings is 2. The summed E-state index contributed by atoms with van der Waals surface area (Å²) in [7, 11) is 0. The second-order valence-corrected chi connectivity index (χ2v) is 7.43. The van der Waals surface area contributed by atoms with Gasteiger partial charge < -0.3 is 20.7 Å². The molecule has 0 spiro atoms. The molecule has 7 nitrogen and oxygen atoms in total. The van der Waals surface area contributed by atoms with E-state index in [1.54, 1.807) is 69.3 Å². The highest BCUT2D eigenvalue weighted by Crippen LogP contribution is 2.17. The maximum absolute atomic E-state index is 12.3. The summed E-state index contributed by atoms with van der Waals surface area (Å²) < 4.78 is 5.06. The first-order valence-electron chi connectivity index (χ1n) is 8.60. The highest BCUT2D eigenvalue weighted by Gasteiger charge is 2.16. The van der Waals surface area contributed by atoms with Gasteiger partial charge in [0.25, 0.3) is 5.91 Å². The van der Waals surface area contributed by atoms with E-state index >= 15 is 0 Å². The Morgan fingerprint density at radius 3 is 2.07 bits per heavy atom. The van der Waals surface area contributed by atoms with E-state index in [2.05, 4.69) is 28.6 Å². The van der Waals surface area contributed by atoms with Crippen molar-refractivity contribution in [2.75, 3.05) is 17.2 Å². The molecule has 0 aliphatic heterocycles. The van der Waals surface area contributed by atoms with E-state index in [1.807, 2.05) is 0 Å². The van der Waals surface area contributed by atoms with Crippen LogP contribution >= 0.6 is 12.6 Å². The van der Waals surface area contributed by atoms with Crippen molar-refractivity contribution in [2.24, 2.45) is 0 Å². The molecule has 3 N–H and O–H groups in total. The van der Waals surface area contributed by atoms with Crippen molar-refractivity contribution in [1.82, 2.24) is 5.32 Å². The molecule has 0 aliphatic rings. The summed E-state index contributed by atoms with van der Waals surface area (Å²) in [5.41, 5.74) is 0.945. The summed E-state index contributed by atoms with van der Waals surface area (Å²) in [5.74, 6) is -0.671. The summed E-state index contributed by atoms with van der Waals surface area (Å²) >= 11 is 4.27. The number of thiol groups is 1. The molecule has 0 heterocycles. The Labute approximate surface area is 169 Å². The zero-order valence-electron chi connectivity index (χ0n) is 15.9. The third-order valence-electron chi connectivity index (χ3n) is 3.37. The lowest BCUT2D eigenvalue weighted by Gasteiger charge is -2.19. The third kappa shape index (κ3) is 6.96. The van der Waals surface area contributed by atoms with Gasteiger partial charge in [0.15, 0.2) is 0 Å². The van der Waals surface area contributed by atoms with Crippen LogP contribution in [-0.2, 0) is 9.53 Å². The molecule has 0 radical (unpaired) electrons. The first-order valence-corrected chi connectivity index (χ1v) is 9.05. The largest absolute Gasteiger partial charge is 0.444 e. The molecule has 28 heavy (non-hydrogen) atoms. The van der Waals surface area contributed by atoms with Crippen LogP contribution in [0, 0.1) is 0 Å². The fraction of sp³-hybridized carbons (Fsp3) is 0.250. The standard InChI is InChI=1S/C20H23N3O4S/c1-20(2,3)27-19(26)21-12-17(24)22-13-8-10-14(11-9-13)23-18(25)15-6-4-5-7-16(15)28/h4-11,28H,12H2,1-3H3,(H,21,26)(H,22,24)(H,23,25). The average Bonchev–Trinajstić information content (AvgIpc) is 2.60. The zero-order valence-corrected chi connectivity index (χ0v) is 16.8. The van der Waals surface area contributed by atoms with Crippen molar-refractivity contribution >= 4 is 41.9 Å². The Morgan fingerprint density at radius 2 is 1.50 bits per heavy atom. The number of hydrogen-bond donors (Lipinski definition) is 4.